The third kappa shape index (κ3) is 2.32. The smallest absolute Gasteiger partial charge is 0.292 e. The molecule has 76 valence electrons. The molecule has 1 amide bonds. The van der Waals surface area contributed by atoms with Gasteiger partial charge in [0.1, 0.15) is 17.3 Å². The fourth-order valence-corrected chi connectivity index (χ4v) is 1.13. The summed E-state index contributed by atoms with van der Waals surface area (Å²) in [6.07, 6.45) is 2.68. The van der Waals surface area contributed by atoms with Crippen LogP contribution < -0.4 is 5.32 Å². The maximum Gasteiger partial charge on any atom is 0.292 e. The van der Waals surface area contributed by atoms with Crippen molar-refractivity contribution >= 4 is 23.3 Å². The molecule has 1 N–H and O–H groups in total. The lowest BCUT2D eigenvalue weighted by molar-refractivity contribution is 0.0996. The molecule has 0 saturated carbocycles. The van der Waals surface area contributed by atoms with Crippen LogP contribution in [-0.4, -0.2) is 15.9 Å². The van der Waals surface area contributed by atoms with Crippen LogP contribution in [0.5, 0.6) is 0 Å². The molecular formula is C9H6ClN3O2. The van der Waals surface area contributed by atoms with E-state index in [2.05, 4.69) is 15.3 Å². The molecule has 0 radical (unpaired) electrons. The number of furan rings is 1. The molecule has 0 bridgehead atoms. The Labute approximate surface area is 90.1 Å². The van der Waals surface area contributed by atoms with E-state index in [0.717, 1.165) is 0 Å². The second-order valence-corrected chi connectivity index (χ2v) is 3.04. The average Bonchev–Trinajstić information content (AvgIpc) is 2.70. The number of aromatic nitrogens is 2. The van der Waals surface area contributed by atoms with Crippen molar-refractivity contribution in [3.05, 3.63) is 41.7 Å². The molecule has 0 unspecified atom stereocenters. The predicted molar refractivity (Wildman–Crippen MR) is 53.7 cm³/mol. The van der Waals surface area contributed by atoms with Crippen LogP contribution in [0.25, 0.3) is 0 Å². The molecular weight excluding hydrogens is 218 g/mol. The summed E-state index contributed by atoms with van der Waals surface area (Å²) in [4.78, 5) is 19.0. The van der Waals surface area contributed by atoms with Crippen molar-refractivity contribution < 1.29 is 9.21 Å². The lowest BCUT2D eigenvalue weighted by atomic mass is 10.4. The molecule has 0 aromatic carbocycles. The Morgan fingerprint density at radius 2 is 2.33 bits per heavy atom. The molecule has 0 fully saturated rings. The van der Waals surface area contributed by atoms with E-state index >= 15 is 0 Å². The van der Waals surface area contributed by atoms with E-state index in [1.165, 1.54) is 18.7 Å². The maximum absolute atomic E-state index is 11.5. The average molecular weight is 224 g/mol. The number of carbonyl (C=O) groups excluding carboxylic acids is 1. The molecule has 6 heteroatoms. The van der Waals surface area contributed by atoms with Gasteiger partial charge in [0.2, 0.25) is 0 Å². The van der Waals surface area contributed by atoms with E-state index < -0.39 is 0 Å². The number of hydrogen-bond acceptors (Lipinski definition) is 4. The summed E-state index contributed by atoms with van der Waals surface area (Å²) >= 11 is 5.63. The Morgan fingerprint density at radius 1 is 1.47 bits per heavy atom. The Morgan fingerprint density at radius 3 is 3.00 bits per heavy atom. The van der Waals surface area contributed by atoms with Crippen molar-refractivity contribution in [2.75, 3.05) is 5.32 Å². The van der Waals surface area contributed by atoms with Gasteiger partial charge in [-0.2, -0.15) is 0 Å². The molecule has 0 aliphatic heterocycles. The highest BCUT2D eigenvalue weighted by molar-refractivity contribution is 6.29. The van der Waals surface area contributed by atoms with Crippen molar-refractivity contribution in [2.24, 2.45) is 0 Å². The van der Waals surface area contributed by atoms with Crippen molar-refractivity contribution in [3.8, 4) is 0 Å². The van der Waals surface area contributed by atoms with Crippen LogP contribution in [0.1, 0.15) is 10.6 Å². The first-order valence-electron chi connectivity index (χ1n) is 4.08. The number of amides is 1. The summed E-state index contributed by atoms with van der Waals surface area (Å²) in [5, 5.41) is 2.78. The van der Waals surface area contributed by atoms with Crippen molar-refractivity contribution in [1.29, 1.82) is 0 Å². The minimum Gasteiger partial charge on any atom is -0.459 e. The molecule has 0 saturated heterocycles. The Bertz CT molecular complexity index is 470. The number of nitrogens with one attached hydrogen (secondary N) is 1. The van der Waals surface area contributed by atoms with Crippen LogP contribution in [-0.2, 0) is 0 Å². The highest BCUT2D eigenvalue weighted by Crippen LogP contribution is 2.10. The number of hydrogen-bond donors (Lipinski definition) is 1. The van der Waals surface area contributed by atoms with Crippen molar-refractivity contribution in [1.82, 2.24) is 9.97 Å². The summed E-state index contributed by atoms with van der Waals surface area (Å²) in [5.74, 6) is 0.163. The summed E-state index contributed by atoms with van der Waals surface area (Å²) < 4.78 is 4.91. The summed E-state index contributed by atoms with van der Waals surface area (Å²) in [6.45, 7) is 0. The third-order valence-corrected chi connectivity index (χ3v) is 1.83. The van der Waals surface area contributed by atoms with Crippen LogP contribution in [0.4, 0.5) is 5.82 Å². The number of nitrogens with zero attached hydrogens (tertiary/aromatic N) is 2. The van der Waals surface area contributed by atoms with E-state index in [0.29, 0.717) is 5.82 Å². The summed E-state index contributed by atoms with van der Waals surface area (Å²) in [6, 6.07) is 4.63. The monoisotopic (exact) mass is 223 g/mol. The van der Waals surface area contributed by atoms with Gasteiger partial charge in [-0.15, -0.1) is 0 Å². The first-order valence-corrected chi connectivity index (χ1v) is 4.46. The van der Waals surface area contributed by atoms with Gasteiger partial charge in [0.25, 0.3) is 5.91 Å². The summed E-state index contributed by atoms with van der Waals surface area (Å²) in [5.41, 5.74) is 0. The first-order chi connectivity index (χ1) is 7.25. The molecule has 0 aliphatic carbocycles. The predicted octanol–water partition coefficient (Wildman–Crippen LogP) is 1.98. The SMILES string of the molecule is O=C(Nc1cc(Cl)ncn1)c1ccco1. The largest absolute Gasteiger partial charge is 0.459 e. The van der Waals surface area contributed by atoms with Crippen molar-refractivity contribution in [3.63, 3.8) is 0 Å². The quantitative estimate of drug-likeness (QED) is 0.791. The Hall–Kier alpha value is -1.88. The molecule has 0 aliphatic rings. The van der Waals surface area contributed by atoms with E-state index in [4.69, 9.17) is 16.0 Å². The molecule has 2 rings (SSSR count). The standard InChI is InChI=1S/C9H6ClN3O2/c10-7-4-8(12-5-11-7)13-9(14)6-2-1-3-15-6/h1-5H,(H,11,12,13,14). The summed E-state index contributed by atoms with van der Waals surface area (Å²) in [7, 11) is 0. The number of halogens is 1. The second-order valence-electron chi connectivity index (χ2n) is 2.66. The molecule has 0 spiro atoms. The third-order valence-electron chi connectivity index (χ3n) is 1.62. The Balaban J connectivity index is 2.13. The fraction of sp³-hybridized carbons (Fsp3) is 0. The molecule has 2 heterocycles. The highest BCUT2D eigenvalue weighted by Gasteiger charge is 2.09. The molecule has 5 nitrogen and oxygen atoms in total. The zero-order valence-electron chi connectivity index (χ0n) is 7.48. The van der Waals surface area contributed by atoms with Crippen LogP contribution >= 0.6 is 11.6 Å². The van der Waals surface area contributed by atoms with Gasteiger partial charge in [-0.25, -0.2) is 9.97 Å². The number of anilines is 1. The molecule has 15 heavy (non-hydrogen) atoms. The van der Waals surface area contributed by atoms with Gasteiger partial charge in [0.15, 0.2) is 5.76 Å². The van der Waals surface area contributed by atoms with Crippen molar-refractivity contribution in [2.45, 2.75) is 0 Å². The van der Waals surface area contributed by atoms with Crippen LogP contribution in [0.2, 0.25) is 5.15 Å². The topological polar surface area (TPSA) is 68.0 Å². The van der Waals surface area contributed by atoms with Gasteiger partial charge in [-0.05, 0) is 12.1 Å². The van der Waals surface area contributed by atoms with E-state index in [-0.39, 0.29) is 16.8 Å². The van der Waals surface area contributed by atoms with Gasteiger partial charge in [0.05, 0.1) is 6.26 Å². The number of rotatable bonds is 2. The molecule has 2 aromatic heterocycles. The van der Waals surface area contributed by atoms with Gasteiger partial charge in [-0.1, -0.05) is 11.6 Å². The van der Waals surface area contributed by atoms with Gasteiger partial charge >= 0.3 is 0 Å². The van der Waals surface area contributed by atoms with Crippen LogP contribution in [0, 0.1) is 0 Å². The lowest BCUT2D eigenvalue weighted by Crippen LogP contribution is -2.11. The van der Waals surface area contributed by atoms with Gasteiger partial charge in [0, 0.05) is 6.07 Å². The first kappa shape index (κ1) is 9.67. The minimum atomic E-state index is -0.380. The number of carbonyl (C=O) groups is 1. The highest BCUT2D eigenvalue weighted by atomic mass is 35.5. The normalized spacial score (nSPS) is 9.93. The molecule has 0 atom stereocenters. The molecule has 2 aromatic rings. The zero-order valence-corrected chi connectivity index (χ0v) is 8.23. The van der Waals surface area contributed by atoms with E-state index in [1.807, 2.05) is 0 Å². The van der Waals surface area contributed by atoms with Crippen LogP contribution in [0.3, 0.4) is 0 Å². The van der Waals surface area contributed by atoms with E-state index in [9.17, 15) is 4.79 Å². The zero-order chi connectivity index (χ0) is 10.7. The van der Waals surface area contributed by atoms with Gasteiger partial charge < -0.3 is 9.73 Å². The fourth-order valence-electron chi connectivity index (χ4n) is 0.988. The van der Waals surface area contributed by atoms with E-state index in [1.54, 1.807) is 12.1 Å². The second kappa shape index (κ2) is 4.10. The van der Waals surface area contributed by atoms with Crippen LogP contribution in [0.15, 0.2) is 35.2 Å². The Kier molecular flexibility index (Phi) is 2.64. The lowest BCUT2D eigenvalue weighted by Gasteiger charge is -2.00. The minimum absolute atomic E-state index is 0.213. The maximum atomic E-state index is 11.5. The van der Waals surface area contributed by atoms with Gasteiger partial charge in [-0.3, -0.25) is 4.79 Å².